The predicted octanol–water partition coefficient (Wildman–Crippen LogP) is 2.53. The number of nitrogens with two attached hydrogens (primary N) is 1. The third-order valence-electron chi connectivity index (χ3n) is 2.88. The molecule has 0 aliphatic heterocycles. The van der Waals surface area contributed by atoms with Crippen molar-refractivity contribution in [2.45, 2.75) is 25.3 Å². The summed E-state index contributed by atoms with van der Waals surface area (Å²) in [4.78, 5) is 0.0187. The Balaban J connectivity index is 2.26. The first-order valence-electron chi connectivity index (χ1n) is 6.18. The van der Waals surface area contributed by atoms with E-state index in [1.165, 1.54) is 6.07 Å². The van der Waals surface area contributed by atoms with Gasteiger partial charge in [-0.1, -0.05) is 35.9 Å². The minimum absolute atomic E-state index is 0.0187. The van der Waals surface area contributed by atoms with Gasteiger partial charge in [-0.05, 0) is 37.1 Å². The Kier molecular flexibility index (Phi) is 4.11. The van der Waals surface area contributed by atoms with Crippen LogP contribution >= 0.6 is 0 Å². The molecule has 106 valence electrons. The maximum absolute atomic E-state index is 11.6. The van der Waals surface area contributed by atoms with Crippen molar-refractivity contribution in [1.29, 1.82) is 0 Å². The van der Waals surface area contributed by atoms with Crippen molar-refractivity contribution in [3.8, 4) is 5.75 Å². The van der Waals surface area contributed by atoms with E-state index >= 15 is 0 Å². The van der Waals surface area contributed by atoms with E-state index in [1.54, 1.807) is 19.1 Å². The molecule has 0 aliphatic carbocycles. The summed E-state index contributed by atoms with van der Waals surface area (Å²) in [6.45, 7) is 4.09. The molecule has 0 heterocycles. The summed E-state index contributed by atoms with van der Waals surface area (Å²) in [5, 5.41) is 5.21. The fraction of sp³-hybridized carbons (Fsp3) is 0.200. The molecule has 0 aliphatic rings. The Hall–Kier alpha value is -1.85. The Morgan fingerprint density at radius 2 is 1.75 bits per heavy atom. The van der Waals surface area contributed by atoms with Gasteiger partial charge >= 0.3 is 0 Å². The molecular formula is C15H17NO3S. The van der Waals surface area contributed by atoms with Crippen LogP contribution in [0.15, 0.2) is 47.4 Å². The third-order valence-corrected chi connectivity index (χ3v) is 3.81. The molecule has 0 unspecified atom stereocenters. The minimum Gasteiger partial charge on any atom is -0.487 e. The molecule has 0 fully saturated rings. The maximum atomic E-state index is 11.6. The average Bonchev–Trinajstić information content (AvgIpc) is 2.36. The standard InChI is InChI=1S/C15H17NO3S/c1-11-4-3-5-13(8-11)10-19-14-7-6-12(2)9-15(14)20(16,17)18/h3-9H,10H2,1-2H3,(H2,16,17,18). The summed E-state index contributed by atoms with van der Waals surface area (Å²) >= 11 is 0. The van der Waals surface area contributed by atoms with Crippen LogP contribution in [-0.4, -0.2) is 8.42 Å². The smallest absolute Gasteiger partial charge is 0.241 e. The Morgan fingerprint density at radius 1 is 1.05 bits per heavy atom. The van der Waals surface area contributed by atoms with Crippen molar-refractivity contribution in [2.24, 2.45) is 5.14 Å². The molecule has 5 heteroatoms. The van der Waals surface area contributed by atoms with Gasteiger partial charge in [0.1, 0.15) is 17.3 Å². The van der Waals surface area contributed by atoms with Gasteiger partial charge in [0.2, 0.25) is 10.0 Å². The van der Waals surface area contributed by atoms with Gasteiger partial charge in [0.25, 0.3) is 0 Å². The van der Waals surface area contributed by atoms with E-state index in [4.69, 9.17) is 9.88 Å². The lowest BCUT2D eigenvalue weighted by Crippen LogP contribution is -2.14. The molecule has 2 aromatic carbocycles. The molecule has 0 radical (unpaired) electrons. The maximum Gasteiger partial charge on any atom is 0.241 e. The van der Waals surface area contributed by atoms with E-state index in [0.717, 1.165) is 16.7 Å². The molecule has 0 amide bonds. The van der Waals surface area contributed by atoms with Crippen LogP contribution in [0.1, 0.15) is 16.7 Å². The summed E-state index contributed by atoms with van der Waals surface area (Å²) in [7, 11) is -3.79. The van der Waals surface area contributed by atoms with Gasteiger partial charge in [-0.25, -0.2) is 13.6 Å². The van der Waals surface area contributed by atoms with Crippen molar-refractivity contribution in [1.82, 2.24) is 0 Å². The van der Waals surface area contributed by atoms with Crippen molar-refractivity contribution >= 4 is 10.0 Å². The Bertz CT molecular complexity index is 724. The van der Waals surface area contributed by atoms with Crippen LogP contribution in [0.2, 0.25) is 0 Å². The van der Waals surface area contributed by atoms with Crippen molar-refractivity contribution in [2.75, 3.05) is 0 Å². The largest absolute Gasteiger partial charge is 0.487 e. The SMILES string of the molecule is Cc1cccc(COc2ccc(C)cc2S(N)(=O)=O)c1. The first-order valence-corrected chi connectivity index (χ1v) is 7.73. The molecule has 0 saturated carbocycles. The molecule has 20 heavy (non-hydrogen) atoms. The number of hydrogen-bond acceptors (Lipinski definition) is 3. The van der Waals surface area contributed by atoms with Gasteiger partial charge in [0.05, 0.1) is 0 Å². The van der Waals surface area contributed by atoms with Crippen molar-refractivity contribution in [3.63, 3.8) is 0 Å². The first kappa shape index (κ1) is 14.6. The number of rotatable bonds is 4. The highest BCUT2D eigenvalue weighted by Crippen LogP contribution is 2.24. The molecule has 2 N–H and O–H groups in total. The summed E-state index contributed by atoms with van der Waals surface area (Å²) in [5.41, 5.74) is 2.92. The predicted molar refractivity (Wildman–Crippen MR) is 78.1 cm³/mol. The van der Waals surface area contributed by atoms with Crippen LogP contribution in [-0.2, 0) is 16.6 Å². The summed E-state index contributed by atoms with van der Waals surface area (Å²) in [6.07, 6.45) is 0. The molecule has 2 aromatic rings. The fourth-order valence-electron chi connectivity index (χ4n) is 1.92. The highest BCUT2D eigenvalue weighted by atomic mass is 32.2. The van der Waals surface area contributed by atoms with Crippen molar-refractivity contribution < 1.29 is 13.2 Å². The molecule has 4 nitrogen and oxygen atoms in total. The molecule has 0 bridgehead atoms. The summed E-state index contributed by atoms with van der Waals surface area (Å²) in [5.74, 6) is 0.277. The van der Waals surface area contributed by atoms with Gasteiger partial charge in [-0.2, -0.15) is 0 Å². The molecule has 0 aromatic heterocycles. The normalized spacial score (nSPS) is 11.3. The van der Waals surface area contributed by atoms with Crippen LogP contribution in [0.5, 0.6) is 5.75 Å². The second kappa shape index (κ2) is 5.64. The molecule has 2 rings (SSSR count). The van der Waals surface area contributed by atoms with E-state index in [-0.39, 0.29) is 10.6 Å². The average molecular weight is 291 g/mol. The first-order chi connectivity index (χ1) is 9.36. The number of aryl methyl sites for hydroxylation is 2. The monoisotopic (exact) mass is 291 g/mol. The van der Waals surface area contributed by atoms with Gasteiger partial charge < -0.3 is 4.74 Å². The van der Waals surface area contributed by atoms with Gasteiger partial charge in [-0.3, -0.25) is 0 Å². The number of sulfonamides is 1. The second-order valence-electron chi connectivity index (χ2n) is 4.77. The Morgan fingerprint density at radius 3 is 2.40 bits per heavy atom. The van der Waals surface area contributed by atoms with Crippen LogP contribution in [0.4, 0.5) is 0 Å². The zero-order valence-corrected chi connectivity index (χ0v) is 12.3. The molecular weight excluding hydrogens is 274 g/mol. The topological polar surface area (TPSA) is 69.4 Å². The number of benzene rings is 2. The highest BCUT2D eigenvalue weighted by Gasteiger charge is 2.15. The van der Waals surface area contributed by atoms with Crippen LogP contribution < -0.4 is 9.88 Å². The molecule has 0 atom stereocenters. The van der Waals surface area contributed by atoms with Crippen LogP contribution in [0.3, 0.4) is 0 Å². The van der Waals surface area contributed by atoms with E-state index < -0.39 is 10.0 Å². The fourth-order valence-corrected chi connectivity index (χ4v) is 2.68. The summed E-state index contributed by atoms with van der Waals surface area (Å²) < 4.78 is 28.7. The number of ether oxygens (including phenoxy) is 1. The lowest BCUT2D eigenvalue weighted by Gasteiger charge is -2.11. The molecule has 0 spiro atoms. The quantitative estimate of drug-likeness (QED) is 0.941. The Labute approximate surface area is 119 Å². The van der Waals surface area contributed by atoms with E-state index in [2.05, 4.69) is 0 Å². The van der Waals surface area contributed by atoms with Gasteiger partial charge in [-0.15, -0.1) is 0 Å². The lowest BCUT2D eigenvalue weighted by molar-refractivity contribution is 0.298. The van der Waals surface area contributed by atoms with E-state index in [9.17, 15) is 8.42 Å². The van der Waals surface area contributed by atoms with E-state index in [0.29, 0.717) is 6.61 Å². The van der Waals surface area contributed by atoms with Gasteiger partial charge in [0.15, 0.2) is 0 Å². The van der Waals surface area contributed by atoms with Gasteiger partial charge in [0, 0.05) is 0 Å². The zero-order valence-electron chi connectivity index (χ0n) is 11.5. The zero-order chi connectivity index (χ0) is 14.8. The number of primary sulfonamides is 1. The summed E-state index contributed by atoms with van der Waals surface area (Å²) in [6, 6.07) is 12.8. The van der Waals surface area contributed by atoms with Crippen LogP contribution in [0, 0.1) is 13.8 Å². The van der Waals surface area contributed by atoms with E-state index in [1.807, 2.05) is 31.2 Å². The minimum atomic E-state index is -3.79. The third kappa shape index (κ3) is 3.59. The second-order valence-corrected chi connectivity index (χ2v) is 6.30. The molecule has 0 saturated heterocycles. The van der Waals surface area contributed by atoms with Crippen molar-refractivity contribution in [3.05, 3.63) is 59.2 Å². The lowest BCUT2D eigenvalue weighted by atomic mass is 10.1. The van der Waals surface area contributed by atoms with Crippen LogP contribution in [0.25, 0.3) is 0 Å². The highest BCUT2D eigenvalue weighted by molar-refractivity contribution is 7.89. The number of hydrogen-bond donors (Lipinski definition) is 1.